The molecule has 34 heavy (non-hydrogen) atoms. The summed E-state index contributed by atoms with van der Waals surface area (Å²) >= 11 is 0. The van der Waals surface area contributed by atoms with Gasteiger partial charge in [0.1, 0.15) is 11.4 Å². The van der Waals surface area contributed by atoms with Gasteiger partial charge in [-0.3, -0.25) is 14.8 Å². The van der Waals surface area contributed by atoms with E-state index in [2.05, 4.69) is 14.9 Å². The number of methoxy groups -OCH3 is 1. The molecule has 2 aromatic heterocycles. The predicted octanol–water partition coefficient (Wildman–Crippen LogP) is 5.35. The monoisotopic (exact) mass is 466 g/mol. The molecule has 1 saturated heterocycles. The van der Waals surface area contributed by atoms with Gasteiger partial charge in [-0.2, -0.15) is 0 Å². The van der Waals surface area contributed by atoms with E-state index in [-0.39, 0.29) is 17.5 Å². The molecule has 0 atom stereocenters. The van der Waals surface area contributed by atoms with E-state index in [1.807, 2.05) is 11.8 Å². The van der Waals surface area contributed by atoms with Crippen LogP contribution in [0.4, 0.5) is 20.2 Å². The molecular formula is C26H28F2N4O2. The van der Waals surface area contributed by atoms with Gasteiger partial charge in [-0.25, -0.2) is 8.78 Å². The molecule has 1 amide bonds. The summed E-state index contributed by atoms with van der Waals surface area (Å²) in [5.74, 6) is -2.28. The van der Waals surface area contributed by atoms with Crippen molar-refractivity contribution in [2.24, 2.45) is 0 Å². The van der Waals surface area contributed by atoms with Gasteiger partial charge in [0, 0.05) is 67.0 Å². The predicted molar refractivity (Wildman–Crippen MR) is 127 cm³/mol. The first-order valence-corrected chi connectivity index (χ1v) is 11.3. The summed E-state index contributed by atoms with van der Waals surface area (Å²) in [6, 6.07) is 11.7. The van der Waals surface area contributed by atoms with Gasteiger partial charge in [-0.1, -0.05) is 12.1 Å². The van der Waals surface area contributed by atoms with Gasteiger partial charge in [0.15, 0.2) is 0 Å². The number of benzene rings is 1. The fraction of sp³-hybridized carbons (Fsp3) is 0.346. The highest BCUT2D eigenvalue weighted by molar-refractivity contribution is 5.94. The van der Waals surface area contributed by atoms with E-state index in [1.54, 1.807) is 56.0 Å². The second-order valence-corrected chi connectivity index (χ2v) is 8.56. The quantitative estimate of drug-likeness (QED) is 0.490. The number of piperidine rings is 1. The van der Waals surface area contributed by atoms with Crippen LogP contribution in [0.1, 0.15) is 41.4 Å². The highest BCUT2D eigenvalue weighted by Gasteiger charge is 2.31. The summed E-state index contributed by atoms with van der Waals surface area (Å²) < 4.78 is 33.1. The number of carbonyl (C=O) groups is 1. The van der Waals surface area contributed by atoms with Gasteiger partial charge >= 0.3 is 0 Å². The molecule has 3 heterocycles. The molecule has 0 N–H and O–H groups in total. The first kappa shape index (κ1) is 23.6. The maximum atomic E-state index is 13.8. The Morgan fingerprint density at radius 1 is 1.12 bits per heavy atom. The number of halogens is 2. The zero-order valence-corrected chi connectivity index (χ0v) is 19.5. The van der Waals surface area contributed by atoms with Crippen molar-refractivity contribution in [3.05, 3.63) is 77.9 Å². The molecule has 1 aliphatic heterocycles. The molecule has 0 bridgehead atoms. The number of rotatable bonds is 6. The van der Waals surface area contributed by atoms with Gasteiger partial charge < -0.3 is 14.5 Å². The third-order valence-corrected chi connectivity index (χ3v) is 6.15. The first-order valence-electron chi connectivity index (χ1n) is 11.3. The molecule has 0 aliphatic carbocycles. The number of alkyl halides is 2. The minimum atomic E-state index is -2.91. The highest BCUT2D eigenvalue weighted by atomic mass is 19.3. The van der Waals surface area contributed by atoms with Gasteiger partial charge in [0.05, 0.1) is 13.3 Å². The van der Waals surface area contributed by atoms with Crippen molar-refractivity contribution in [3.8, 4) is 5.75 Å². The summed E-state index contributed by atoms with van der Waals surface area (Å²) in [4.78, 5) is 25.4. The maximum absolute atomic E-state index is 13.8. The molecule has 0 unspecified atom stereocenters. The van der Waals surface area contributed by atoms with Crippen LogP contribution in [0.5, 0.6) is 5.75 Å². The van der Waals surface area contributed by atoms with Crippen LogP contribution in [0.25, 0.3) is 0 Å². The molecule has 1 aliphatic rings. The van der Waals surface area contributed by atoms with Crippen molar-refractivity contribution >= 4 is 17.3 Å². The van der Waals surface area contributed by atoms with Crippen LogP contribution >= 0.6 is 0 Å². The number of likely N-dealkylation sites (tertiary alicyclic amines) is 1. The Morgan fingerprint density at radius 2 is 1.82 bits per heavy atom. The third kappa shape index (κ3) is 5.00. The van der Waals surface area contributed by atoms with Gasteiger partial charge in [0.25, 0.3) is 11.8 Å². The topological polar surface area (TPSA) is 58.6 Å². The summed E-state index contributed by atoms with van der Waals surface area (Å²) in [6.45, 7) is 3.91. The minimum absolute atomic E-state index is 0.0102. The summed E-state index contributed by atoms with van der Waals surface area (Å²) in [7, 11) is 1.59. The van der Waals surface area contributed by atoms with Crippen LogP contribution in [0, 0.1) is 6.92 Å². The lowest BCUT2D eigenvalue weighted by Crippen LogP contribution is -2.45. The molecule has 1 aromatic carbocycles. The molecule has 0 saturated carbocycles. The van der Waals surface area contributed by atoms with E-state index in [0.29, 0.717) is 37.2 Å². The van der Waals surface area contributed by atoms with Gasteiger partial charge in [-0.05, 0) is 44.0 Å². The van der Waals surface area contributed by atoms with E-state index < -0.39 is 5.92 Å². The standard InChI is InChI=1S/C26H28F2N4O2/c1-18-16-19(8-13-30-18)25(33)31-14-10-22(11-15-31)32(23-17-29-12-9-24(23)34-3)21-6-4-20(5-7-21)26(2,27)28/h4-9,12-13,16-17,22H,10-11,14-15H2,1-3H3. The number of hydrogen-bond acceptors (Lipinski definition) is 5. The second-order valence-electron chi connectivity index (χ2n) is 8.56. The minimum Gasteiger partial charge on any atom is -0.494 e. The molecular weight excluding hydrogens is 438 g/mol. The highest BCUT2D eigenvalue weighted by Crippen LogP contribution is 2.38. The average molecular weight is 467 g/mol. The lowest BCUT2D eigenvalue weighted by atomic mass is 9.99. The van der Waals surface area contributed by atoms with Crippen molar-refractivity contribution in [2.75, 3.05) is 25.1 Å². The number of aryl methyl sites for hydroxylation is 1. The van der Waals surface area contributed by atoms with E-state index in [4.69, 9.17) is 4.74 Å². The number of hydrogen-bond donors (Lipinski definition) is 0. The Labute approximate surface area is 198 Å². The van der Waals surface area contributed by atoms with Crippen LogP contribution in [0.2, 0.25) is 0 Å². The van der Waals surface area contributed by atoms with Crippen molar-refractivity contribution < 1.29 is 18.3 Å². The number of nitrogens with zero attached hydrogens (tertiary/aromatic N) is 4. The second kappa shape index (κ2) is 9.75. The van der Waals surface area contributed by atoms with Crippen molar-refractivity contribution in [1.82, 2.24) is 14.9 Å². The van der Waals surface area contributed by atoms with Crippen molar-refractivity contribution in [1.29, 1.82) is 0 Å². The fourth-order valence-corrected chi connectivity index (χ4v) is 4.38. The van der Waals surface area contributed by atoms with Crippen molar-refractivity contribution in [3.63, 3.8) is 0 Å². The first-order chi connectivity index (χ1) is 16.3. The number of pyridine rings is 2. The van der Waals surface area contributed by atoms with Gasteiger partial charge in [0.2, 0.25) is 0 Å². The Bertz CT molecular complexity index is 1140. The molecule has 0 radical (unpaired) electrons. The molecule has 6 nitrogen and oxygen atoms in total. The van der Waals surface area contributed by atoms with Crippen LogP contribution in [0.15, 0.2) is 61.1 Å². The normalized spacial score (nSPS) is 14.7. The maximum Gasteiger partial charge on any atom is 0.270 e. The number of anilines is 2. The summed E-state index contributed by atoms with van der Waals surface area (Å²) in [6.07, 6.45) is 6.44. The third-order valence-electron chi connectivity index (χ3n) is 6.15. The zero-order valence-electron chi connectivity index (χ0n) is 19.5. The SMILES string of the molecule is COc1ccncc1N(c1ccc(C(C)(F)F)cc1)C1CCN(C(=O)c2ccnc(C)c2)CC1. The smallest absolute Gasteiger partial charge is 0.270 e. The zero-order chi connectivity index (χ0) is 24.3. The number of ether oxygens (including phenoxy) is 1. The van der Waals surface area contributed by atoms with E-state index in [0.717, 1.165) is 24.0 Å². The van der Waals surface area contributed by atoms with Crippen LogP contribution < -0.4 is 9.64 Å². The van der Waals surface area contributed by atoms with Gasteiger partial charge in [-0.15, -0.1) is 0 Å². The molecule has 8 heteroatoms. The van der Waals surface area contributed by atoms with E-state index >= 15 is 0 Å². The average Bonchev–Trinajstić information content (AvgIpc) is 2.84. The molecule has 1 fully saturated rings. The molecule has 3 aromatic rings. The van der Waals surface area contributed by atoms with Crippen LogP contribution in [-0.2, 0) is 5.92 Å². The lowest BCUT2D eigenvalue weighted by Gasteiger charge is -2.40. The van der Waals surface area contributed by atoms with E-state index in [1.165, 1.54) is 12.1 Å². The Hall–Kier alpha value is -3.55. The summed E-state index contributed by atoms with van der Waals surface area (Å²) in [5.41, 5.74) is 2.93. The largest absolute Gasteiger partial charge is 0.494 e. The molecule has 0 spiro atoms. The summed E-state index contributed by atoms with van der Waals surface area (Å²) in [5, 5.41) is 0. The van der Waals surface area contributed by atoms with E-state index in [9.17, 15) is 13.6 Å². The molecule has 4 rings (SSSR count). The Balaban J connectivity index is 1.60. The Morgan fingerprint density at radius 3 is 2.44 bits per heavy atom. The fourth-order valence-electron chi connectivity index (χ4n) is 4.38. The number of carbonyl (C=O) groups excluding carboxylic acids is 1. The van der Waals surface area contributed by atoms with Crippen LogP contribution in [-0.4, -0.2) is 47.0 Å². The Kier molecular flexibility index (Phi) is 6.77. The van der Waals surface area contributed by atoms with Crippen molar-refractivity contribution in [2.45, 2.75) is 38.7 Å². The molecule has 178 valence electrons. The number of aromatic nitrogens is 2. The lowest BCUT2D eigenvalue weighted by molar-refractivity contribution is 0.0175. The van der Waals surface area contributed by atoms with Crippen LogP contribution in [0.3, 0.4) is 0 Å². The number of amides is 1.